The maximum Gasteiger partial charge on any atom is 0.252 e. The third-order valence-corrected chi connectivity index (χ3v) is 6.11. The second-order valence-electron chi connectivity index (χ2n) is 6.48. The minimum absolute atomic E-state index is 0.0772. The van der Waals surface area contributed by atoms with Gasteiger partial charge >= 0.3 is 0 Å². The highest BCUT2D eigenvalue weighted by molar-refractivity contribution is 14.1. The molecule has 0 aliphatic rings. The zero-order valence-electron chi connectivity index (χ0n) is 17.0. The smallest absolute Gasteiger partial charge is 0.252 e. The standard InChI is InChI=1S/C22H29IN2O3/c1-5-25(6-2)12-13-28-19-11-10-17(14-20(19)27-4)15-24-22(26)18-9-7-8-16(3)21(18)23/h7-11,14H,5-6,12-13,15H2,1-4H3,(H,24,26). The van der Waals surface area contributed by atoms with E-state index in [1.165, 1.54) is 0 Å². The van der Waals surface area contributed by atoms with Crippen LogP contribution < -0.4 is 14.8 Å². The van der Waals surface area contributed by atoms with Crippen molar-refractivity contribution in [2.24, 2.45) is 0 Å². The van der Waals surface area contributed by atoms with Gasteiger partial charge < -0.3 is 19.7 Å². The summed E-state index contributed by atoms with van der Waals surface area (Å²) in [7, 11) is 1.63. The fourth-order valence-corrected chi connectivity index (χ4v) is 3.47. The zero-order valence-corrected chi connectivity index (χ0v) is 19.2. The van der Waals surface area contributed by atoms with E-state index in [2.05, 4.69) is 46.7 Å². The molecule has 0 bridgehead atoms. The summed E-state index contributed by atoms with van der Waals surface area (Å²) in [5, 5.41) is 2.98. The summed E-state index contributed by atoms with van der Waals surface area (Å²) in [6.45, 7) is 10.2. The number of benzene rings is 2. The van der Waals surface area contributed by atoms with Crippen molar-refractivity contribution in [2.45, 2.75) is 27.3 Å². The van der Waals surface area contributed by atoms with Crippen LogP contribution in [-0.4, -0.2) is 44.2 Å². The van der Waals surface area contributed by atoms with Gasteiger partial charge in [-0.05, 0) is 71.9 Å². The van der Waals surface area contributed by atoms with Crippen molar-refractivity contribution in [3.8, 4) is 11.5 Å². The molecule has 2 rings (SSSR count). The Morgan fingerprint density at radius 2 is 1.89 bits per heavy atom. The van der Waals surface area contributed by atoms with Crippen LogP contribution in [0.5, 0.6) is 11.5 Å². The van der Waals surface area contributed by atoms with Gasteiger partial charge in [0.25, 0.3) is 5.91 Å². The minimum atomic E-state index is -0.0772. The number of hydrogen-bond donors (Lipinski definition) is 1. The molecule has 0 heterocycles. The monoisotopic (exact) mass is 496 g/mol. The fourth-order valence-electron chi connectivity index (χ4n) is 2.87. The third kappa shape index (κ3) is 6.10. The van der Waals surface area contributed by atoms with Gasteiger partial charge in [-0.2, -0.15) is 0 Å². The van der Waals surface area contributed by atoms with Gasteiger partial charge in [-0.15, -0.1) is 0 Å². The first-order chi connectivity index (χ1) is 13.5. The summed E-state index contributed by atoms with van der Waals surface area (Å²) in [6, 6.07) is 11.5. The highest BCUT2D eigenvalue weighted by atomic mass is 127. The van der Waals surface area contributed by atoms with E-state index in [1.54, 1.807) is 7.11 Å². The average Bonchev–Trinajstić information content (AvgIpc) is 2.71. The molecule has 28 heavy (non-hydrogen) atoms. The molecule has 0 fully saturated rings. The molecule has 0 saturated heterocycles. The van der Waals surface area contributed by atoms with Crippen molar-refractivity contribution in [3.05, 3.63) is 56.7 Å². The maximum atomic E-state index is 12.5. The number of halogens is 1. The lowest BCUT2D eigenvalue weighted by molar-refractivity contribution is 0.0950. The molecule has 2 aromatic carbocycles. The predicted molar refractivity (Wildman–Crippen MR) is 121 cm³/mol. The maximum absolute atomic E-state index is 12.5. The zero-order chi connectivity index (χ0) is 20.5. The normalized spacial score (nSPS) is 10.8. The van der Waals surface area contributed by atoms with E-state index < -0.39 is 0 Å². The molecule has 0 aliphatic carbocycles. The second kappa shape index (κ2) is 11.3. The van der Waals surface area contributed by atoms with Crippen LogP contribution in [-0.2, 0) is 6.54 Å². The average molecular weight is 496 g/mol. The molecule has 1 amide bonds. The van der Waals surface area contributed by atoms with Gasteiger partial charge in [-0.1, -0.05) is 32.0 Å². The van der Waals surface area contributed by atoms with E-state index in [9.17, 15) is 4.79 Å². The van der Waals surface area contributed by atoms with Crippen LogP contribution in [0.1, 0.15) is 35.3 Å². The van der Waals surface area contributed by atoms with E-state index in [1.807, 2.05) is 43.3 Å². The van der Waals surface area contributed by atoms with Crippen LogP contribution in [0.2, 0.25) is 0 Å². The highest BCUT2D eigenvalue weighted by Gasteiger charge is 2.12. The van der Waals surface area contributed by atoms with Crippen molar-refractivity contribution >= 4 is 28.5 Å². The summed E-state index contributed by atoms with van der Waals surface area (Å²) in [4.78, 5) is 14.8. The molecule has 2 aromatic rings. The summed E-state index contributed by atoms with van der Waals surface area (Å²) >= 11 is 2.21. The molecule has 0 aliphatic heterocycles. The topological polar surface area (TPSA) is 50.8 Å². The predicted octanol–water partition coefficient (Wildman–Crippen LogP) is 4.26. The molecule has 152 valence electrons. The number of hydrogen-bond acceptors (Lipinski definition) is 4. The van der Waals surface area contributed by atoms with E-state index >= 15 is 0 Å². The Hall–Kier alpha value is -1.80. The number of aryl methyl sites for hydroxylation is 1. The SMILES string of the molecule is CCN(CC)CCOc1ccc(CNC(=O)c2cccc(C)c2I)cc1OC. The van der Waals surface area contributed by atoms with Crippen molar-refractivity contribution in [1.82, 2.24) is 10.2 Å². The third-order valence-electron chi connectivity index (χ3n) is 4.68. The molecule has 0 aromatic heterocycles. The molecule has 1 N–H and O–H groups in total. The number of methoxy groups -OCH3 is 1. The van der Waals surface area contributed by atoms with Crippen molar-refractivity contribution < 1.29 is 14.3 Å². The first-order valence-electron chi connectivity index (χ1n) is 9.55. The Kier molecular flexibility index (Phi) is 9.05. The van der Waals surface area contributed by atoms with Gasteiger partial charge in [-0.3, -0.25) is 4.79 Å². The summed E-state index contributed by atoms with van der Waals surface area (Å²) < 4.78 is 12.3. The van der Waals surface area contributed by atoms with Gasteiger partial charge in [0.2, 0.25) is 0 Å². The van der Waals surface area contributed by atoms with Crippen LogP contribution in [0.25, 0.3) is 0 Å². The molecular formula is C22H29IN2O3. The van der Waals surface area contributed by atoms with E-state index in [0.29, 0.717) is 24.5 Å². The highest BCUT2D eigenvalue weighted by Crippen LogP contribution is 2.28. The van der Waals surface area contributed by atoms with Crippen LogP contribution in [0, 0.1) is 10.5 Å². The summed E-state index contributed by atoms with van der Waals surface area (Å²) in [5.74, 6) is 1.32. The Labute approximate surface area is 181 Å². The minimum Gasteiger partial charge on any atom is -0.493 e. The van der Waals surface area contributed by atoms with E-state index in [-0.39, 0.29) is 5.91 Å². The molecular weight excluding hydrogens is 467 g/mol. The number of rotatable bonds is 10. The lowest BCUT2D eigenvalue weighted by atomic mass is 10.1. The first kappa shape index (κ1) is 22.5. The number of nitrogens with one attached hydrogen (secondary N) is 1. The number of carbonyl (C=O) groups excluding carboxylic acids is 1. The van der Waals surface area contributed by atoms with Crippen molar-refractivity contribution in [3.63, 3.8) is 0 Å². The second-order valence-corrected chi connectivity index (χ2v) is 7.56. The molecule has 6 heteroatoms. The Morgan fingerprint density at radius 3 is 2.57 bits per heavy atom. The Balaban J connectivity index is 1.97. The van der Waals surface area contributed by atoms with Crippen LogP contribution in [0.4, 0.5) is 0 Å². The van der Waals surface area contributed by atoms with Gasteiger partial charge in [0.15, 0.2) is 11.5 Å². The quantitative estimate of drug-likeness (QED) is 0.500. The van der Waals surface area contributed by atoms with Gasteiger partial charge in [0, 0.05) is 16.7 Å². The lowest BCUT2D eigenvalue weighted by Crippen LogP contribution is -2.28. The van der Waals surface area contributed by atoms with Crippen LogP contribution in [0.15, 0.2) is 36.4 Å². The molecule has 0 saturated carbocycles. The number of ether oxygens (including phenoxy) is 2. The Morgan fingerprint density at radius 1 is 1.14 bits per heavy atom. The number of nitrogens with zero attached hydrogens (tertiary/aromatic N) is 1. The van der Waals surface area contributed by atoms with Crippen molar-refractivity contribution in [1.29, 1.82) is 0 Å². The molecule has 5 nitrogen and oxygen atoms in total. The van der Waals surface area contributed by atoms with Gasteiger partial charge in [-0.25, -0.2) is 0 Å². The van der Waals surface area contributed by atoms with Crippen LogP contribution >= 0.6 is 22.6 Å². The van der Waals surface area contributed by atoms with E-state index in [4.69, 9.17) is 9.47 Å². The van der Waals surface area contributed by atoms with Gasteiger partial charge in [0.1, 0.15) is 6.61 Å². The van der Waals surface area contributed by atoms with Gasteiger partial charge in [0.05, 0.1) is 12.7 Å². The largest absolute Gasteiger partial charge is 0.493 e. The fraction of sp³-hybridized carbons (Fsp3) is 0.409. The van der Waals surface area contributed by atoms with E-state index in [0.717, 1.165) is 40.1 Å². The summed E-state index contributed by atoms with van der Waals surface area (Å²) in [5.41, 5.74) is 2.76. The molecule has 0 spiro atoms. The molecule has 0 unspecified atom stereocenters. The number of carbonyl (C=O) groups is 1. The number of likely N-dealkylation sites (N-methyl/N-ethyl adjacent to an activating group) is 1. The first-order valence-corrected chi connectivity index (χ1v) is 10.6. The lowest BCUT2D eigenvalue weighted by Gasteiger charge is -2.19. The number of amides is 1. The van der Waals surface area contributed by atoms with Crippen LogP contribution in [0.3, 0.4) is 0 Å². The molecule has 0 radical (unpaired) electrons. The Bertz CT molecular complexity index is 791. The van der Waals surface area contributed by atoms with Crippen molar-refractivity contribution in [2.75, 3.05) is 33.4 Å². The summed E-state index contributed by atoms with van der Waals surface area (Å²) in [6.07, 6.45) is 0. The molecule has 0 atom stereocenters.